The Bertz CT molecular complexity index is 805. The van der Waals surface area contributed by atoms with Gasteiger partial charge in [-0.15, -0.1) is 0 Å². The molecule has 8 nitrogen and oxygen atoms in total. The molecule has 2 heterocycles. The summed E-state index contributed by atoms with van der Waals surface area (Å²) >= 11 is 0. The van der Waals surface area contributed by atoms with Crippen LogP contribution in [0.3, 0.4) is 0 Å². The molecule has 1 aliphatic rings. The van der Waals surface area contributed by atoms with Crippen LogP contribution in [0.2, 0.25) is 0 Å². The highest BCUT2D eigenvalue weighted by atomic mass is 19.3. The number of hydrogen-bond acceptors (Lipinski definition) is 6. The van der Waals surface area contributed by atoms with Crippen molar-refractivity contribution >= 4 is 17.3 Å². The highest BCUT2D eigenvalue weighted by Crippen LogP contribution is 2.41. The fourth-order valence-corrected chi connectivity index (χ4v) is 2.18. The number of aromatic nitrogens is 1. The summed E-state index contributed by atoms with van der Waals surface area (Å²) in [5.41, 5.74) is -0.256. The molecule has 0 radical (unpaired) electrons. The number of non-ortho nitro benzene ring substituents is 1. The van der Waals surface area contributed by atoms with Crippen molar-refractivity contribution < 1.29 is 27.8 Å². The van der Waals surface area contributed by atoms with Crippen molar-refractivity contribution in [1.29, 1.82) is 0 Å². The number of ether oxygens (including phenoxy) is 1. The lowest BCUT2D eigenvalue weighted by atomic mass is 10.2. The van der Waals surface area contributed by atoms with E-state index in [1.165, 1.54) is 6.07 Å². The molecule has 0 unspecified atom stereocenters. The lowest BCUT2D eigenvalue weighted by Crippen LogP contribution is -2.50. The molecule has 0 atom stereocenters. The fraction of sp³-hybridized carbons (Fsp3) is 0.231. The van der Waals surface area contributed by atoms with Crippen molar-refractivity contribution in [3.8, 4) is 5.75 Å². The smallest absolute Gasteiger partial charge is 0.423 e. The monoisotopic (exact) mass is 325 g/mol. The average Bonchev–Trinajstić information content (AvgIpc) is 2.88. The molecule has 1 aromatic carbocycles. The number of fused-ring (bicyclic) bond motifs is 1. The van der Waals surface area contributed by atoms with Gasteiger partial charge in [-0.2, -0.15) is 8.78 Å². The van der Waals surface area contributed by atoms with E-state index in [1.807, 2.05) is 0 Å². The number of benzene rings is 1. The second-order valence-electron chi connectivity index (χ2n) is 4.85. The van der Waals surface area contributed by atoms with Gasteiger partial charge in [-0.1, -0.05) is 5.16 Å². The van der Waals surface area contributed by atoms with Gasteiger partial charge in [-0.05, 0) is 13.0 Å². The molecule has 0 saturated carbocycles. The first-order chi connectivity index (χ1) is 10.8. The van der Waals surface area contributed by atoms with Crippen LogP contribution < -0.4 is 9.64 Å². The summed E-state index contributed by atoms with van der Waals surface area (Å²) in [4.78, 5) is 22.8. The summed E-state index contributed by atoms with van der Waals surface area (Å²) in [6.45, 7) is 1.27. The van der Waals surface area contributed by atoms with E-state index in [9.17, 15) is 23.7 Å². The molecule has 120 valence electrons. The molecule has 1 aromatic heterocycles. The van der Waals surface area contributed by atoms with Gasteiger partial charge in [0, 0.05) is 18.2 Å². The zero-order chi connectivity index (χ0) is 16.8. The minimum Gasteiger partial charge on any atom is -0.423 e. The second-order valence-corrected chi connectivity index (χ2v) is 4.85. The Morgan fingerprint density at radius 1 is 1.39 bits per heavy atom. The van der Waals surface area contributed by atoms with Gasteiger partial charge in [0.1, 0.15) is 11.5 Å². The number of halogens is 2. The van der Waals surface area contributed by atoms with Gasteiger partial charge < -0.3 is 9.26 Å². The van der Waals surface area contributed by atoms with Gasteiger partial charge in [-0.3, -0.25) is 19.8 Å². The Balaban J connectivity index is 2.07. The normalized spacial score (nSPS) is 16.0. The summed E-state index contributed by atoms with van der Waals surface area (Å²) in [6.07, 6.45) is -4.07. The van der Waals surface area contributed by atoms with E-state index >= 15 is 0 Å². The molecule has 10 heteroatoms. The number of amides is 1. The van der Waals surface area contributed by atoms with Crippen molar-refractivity contribution in [2.24, 2.45) is 0 Å². The Kier molecular flexibility index (Phi) is 3.24. The Morgan fingerprint density at radius 3 is 2.74 bits per heavy atom. The molecule has 0 spiro atoms. The Labute approximate surface area is 127 Å². The number of rotatable bonds is 3. The number of carbonyl (C=O) groups is 1. The van der Waals surface area contributed by atoms with E-state index in [2.05, 4.69) is 9.89 Å². The van der Waals surface area contributed by atoms with Gasteiger partial charge in [0.25, 0.3) is 5.69 Å². The predicted octanol–water partition coefficient (Wildman–Crippen LogP) is 2.41. The lowest BCUT2D eigenvalue weighted by Gasteiger charge is -2.32. The number of alkyl halides is 2. The minimum atomic E-state index is -4.07. The number of nitro groups is 1. The van der Waals surface area contributed by atoms with Crippen LogP contribution in [0.1, 0.15) is 11.5 Å². The van der Waals surface area contributed by atoms with Crippen molar-refractivity contribution in [2.45, 2.75) is 19.6 Å². The van der Waals surface area contributed by atoms with Crippen LogP contribution in [-0.2, 0) is 11.3 Å². The van der Waals surface area contributed by atoms with E-state index in [4.69, 9.17) is 4.52 Å². The van der Waals surface area contributed by atoms with E-state index in [0.29, 0.717) is 10.7 Å². The molecule has 0 fully saturated rings. The van der Waals surface area contributed by atoms with Crippen LogP contribution in [0, 0.1) is 17.0 Å². The van der Waals surface area contributed by atoms with Gasteiger partial charge in [0.05, 0.1) is 17.2 Å². The van der Waals surface area contributed by atoms with Crippen LogP contribution in [0.4, 0.5) is 20.2 Å². The van der Waals surface area contributed by atoms with Gasteiger partial charge >= 0.3 is 12.0 Å². The number of aryl methyl sites for hydroxylation is 1. The quantitative estimate of drug-likeness (QED) is 0.635. The molecule has 23 heavy (non-hydrogen) atoms. The molecule has 0 saturated heterocycles. The number of hydrogen-bond donors (Lipinski definition) is 0. The highest BCUT2D eigenvalue weighted by Gasteiger charge is 2.51. The van der Waals surface area contributed by atoms with Gasteiger partial charge in [0.2, 0.25) is 0 Å². The maximum Gasteiger partial charge on any atom is 0.482 e. The van der Waals surface area contributed by atoms with Crippen LogP contribution in [0.25, 0.3) is 0 Å². The topological polar surface area (TPSA) is 98.7 Å². The van der Waals surface area contributed by atoms with Crippen LogP contribution in [0.15, 0.2) is 28.8 Å². The van der Waals surface area contributed by atoms with Crippen molar-refractivity contribution in [1.82, 2.24) is 5.16 Å². The SMILES string of the molecule is Cc1cc(CN2C(=O)C(F)(F)Oc3ccc([N+](=O)[O-])cc32)no1. The summed E-state index contributed by atoms with van der Waals surface area (Å²) < 4.78 is 36.6. The standard InChI is InChI=1S/C13H9F2N3O5/c1-7-4-8(16-23-7)6-17-10-5-9(18(20)21)2-3-11(10)22-13(14,15)12(17)19/h2-5H,6H2,1H3. The predicted molar refractivity (Wildman–Crippen MR) is 71.1 cm³/mol. The molecular formula is C13H9F2N3O5. The second kappa shape index (κ2) is 5.00. The summed E-state index contributed by atoms with van der Waals surface area (Å²) in [6, 6.07) is 4.51. The van der Waals surface area contributed by atoms with Crippen LogP contribution in [0.5, 0.6) is 5.75 Å². The molecule has 2 aromatic rings. The lowest BCUT2D eigenvalue weighted by molar-refractivity contribution is -0.384. The third-order valence-corrected chi connectivity index (χ3v) is 3.17. The zero-order valence-electron chi connectivity index (χ0n) is 11.7. The molecule has 1 amide bonds. The highest BCUT2D eigenvalue weighted by molar-refractivity contribution is 6.01. The van der Waals surface area contributed by atoms with Crippen molar-refractivity contribution in [2.75, 3.05) is 4.90 Å². The zero-order valence-corrected chi connectivity index (χ0v) is 11.7. The third kappa shape index (κ3) is 2.58. The van der Waals surface area contributed by atoms with Crippen molar-refractivity contribution in [3.05, 3.63) is 45.8 Å². The molecule has 1 aliphatic heterocycles. The maximum absolute atomic E-state index is 13.7. The van der Waals surface area contributed by atoms with Gasteiger partial charge in [-0.25, -0.2) is 0 Å². The first kappa shape index (κ1) is 14.9. The molecular weight excluding hydrogens is 316 g/mol. The first-order valence-corrected chi connectivity index (χ1v) is 6.37. The summed E-state index contributed by atoms with van der Waals surface area (Å²) in [7, 11) is 0. The first-order valence-electron chi connectivity index (χ1n) is 6.37. The van der Waals surface area contributed by atoms with E-state index in [-0.39, 0.29) is 29.4 Å². The summed E-state index contributed by atoms with van der Waals surface area (Å²) in [5.74, 6) is -1.53. The number of anilines is 1. The van der Waals surface area contributed by atoms with Crippen LogP contribution >= 0.6 is 0 Å². The number of nitro benzene ring substituents is 1. The minimum absolute atomic E-state index is 0.129. The largest absolute Gasteiger partial charge is 0.482 e. The van der Waals surface area contributed by atoms with Gasteiger partial charge in [0.15, 0.2) is 5.75 Å². The van der Waals surface area contributed by atoms with E-state index < -0.39 is 16.9 Å². The number of nitrogens with zero attached hydrogens (tertiary/aromatic N) is 3. The average molecular weight is 325 g/mol. The fourth-order valence-electron chi connectivity index (χ4n) is 2.18. The maximum atomic E-state index is 13.7. The summed E-state index contributed by atoms with van der Waals surface area (Å²) in [5, 5.41) is 14.5. The van der Waals surface area contributed by atoms with Crippen LogP contribution in [-0.4, -0.2) is 22.1 Å². The molecule has 3 rings (SSSR count). The Morgan fingerprint density at radius 2 is 2.13 bits per heavy atom. The molecule has 0 N–H and O–H groups in total. The van der Waals surface area contributed by atoms with E-state index in [1.54, 1.807) is 6.92 Å². The third-order valence-electron chi connectivity index (χ3n) is 3.17. The molecule has 0 bridgehead atoms. The van der Waals surface area contributed by atoms with Crippen molar-refractivity contribution in [3.63, 3.8) is 0 Å². The number of carbonyl (C=O) groups excluding carboxylic acids is 1. The van der Waals surface area contributed by atoms with E-state index in [0.717, 1.165) is 18.2 Å². The Hall–Kier alpha value is -3.04. The molecule has 0 aliphatic carbocycles.